The van der Waals surface area contributed by atoms with Gasteiger partial charge in [0.15, 0.2) is 5.58 Å². The third kappa shape index (κ3) is 4.70. The first-order valence-corrected chi connectivity index (χ1v) is 15.5. The Labute approximate surface area is 270 Å². The predicted octanol–water partition coefficient (Wildman–Crippen LogP) is 11.2. The SMILES string of the molecule is N#Cc1ccc(-c2nc3cc(-c4ccc5cc(-c6ccc(-c7nc8ccccc8o7)cc6)ccc5c4)ccc3c3ccccc23)cc1. The quantitative estimate of drug-likeness (QED) is 0.189. The summed E-state index contributed by atoms with van der Waals surface area (Å²) in [6.45, 7) is 0. The number of pyridine rings is 1. The first-order valence-electron chi connectivity index (χ1n) is 15.5. The maximum atomic E-state index is 9.28. The number of hydrogen-bond acceptors (Lipinski definition) is 4. The molecule has 9 aromatic rings. The van der Waals surface area contributed by atoms with Gasteiger partial charge >= 0.3 is 0 Å². The molecule has 0 aliphatic heterocycles. The number of benzene rings is 7. The zero-order valence-electron chi connectivity index (χ0n) is 25.2. The molecule has 0 aliphatic rings. The highest BCUT2D eigenvalue weighted by molar-refractivity contribution is 6.11. The van der Waals surface area contributed by atoms with Crippen LogP contribution in [0.5, 0.6) is 0 Å². The molecule has 0 aliphatic carbocycles. The zero-order valence-corrected chi connectivity index (χ0v) is 25.2. The van der Waals surface area contributed by atoms with Gasteiger partial charge in [-0.05, 0) is 93.0 Å². The molecular formula is C43H25N3O. The van der Waals surface area contributed by atoms with E-state index in [1.54, 1.807) is 0 Å². The number of hydrogen-bond donors (Lipinski definition) is 0. The van der Waals surface area contributed by atoms with Crippen molar-refractivity contribution in [2.75, 3.05) is 0 Å². The number of nitriles is 1. The van der Waals surface area contributed by atoms with Gasteiger partial charge in [-0.15, -0.1) is 0 Å². The van der Waals surface area contributed by atoms with E-state index in [2.05, 4.69) is 108 Å². The molecular weight excluding hydrogens is 574 g/mol. The fourth-order valence-electron chi connectivity index (χ4n) is 6.47. The van der Waals surface area contributed by atoms with Crippen molar-refractivity contribution in [1.29, 1.82) is 5.26 Å². The van der Waals surface area contributed by atoms with Gasteiger partial charge in [0.1, 0.15) is 5.52 Å². The summed E-state index contributed by atoms with van der Waals surface area (Å²) in [5.74, 6) is 0.631. The molecule has 0 radical (unpaired) electrons. The molecule has 0 N–H and O–H groups in total. The normalized spacial score (nSPS) is 11.4. The summed E-state index contributed by atoms with van der Waals surface area (Å²) in [5.41, 5.74) is 10.7. The van der Waals surface area contributed by atoms with Crippen LogP contribution in [0, 0.1) is 11.3 Å². The average molecular weight is 600 g/mol. The minimum absolute atomic E-state index is 0.631. The fraction of sp³-hybridized carbons (Fsp3) is 0. The third-order valence-corrected chi connectivity index (χ3v) is 8.92. The van der Waals surface area contributed by atoms with Gasteiger partial charge in [-0.2, -0.15) is 5.26 Å². The monoisotopic (exact) mass is 599 g/mol. The van der Waals surface area contributed by atoms with Gasteiger partial charge in [0.05, 0.1) is 22.8 Å². The lowest BCUT2D eigenvalue weighted by molar-refractivity contribution is 0.620. The van der Waals surface area contributed by atoms with Crippen molar-refractivity contribution in [2.45, 2.75) is 0 Å². The van der Waals surface area contributed by atoms with E-state index in [1.807, 2.05) is 54.6 Å². The second-order valence-electron chi connectivity index (χ2n) is 11.8. The molecule has 0 atom stereocenters. The molecule has 0 fully saturated rings. The molecule has 4 heteroatoms. The van der Waals surface area contributed by atoms with E-state index in [0.29, 0.717) is 11.5 Å². The standard InChI is InChI=1S/C43H25N3O/c44-26-27-9-11-29(12-10-27)42-38-6-2-1-5-36(38)37-22-21-35(25-40(37)45-42)34-20-19-32-23-31(17-18-33(32)24-34)28-13-15-30(16-14-28)43-46-39-7-3-4-8-41(39)47-43/h1-25H. The van der Waals surface area contributed by atoms with E-state index in [4.69, 9.17) is 9.40 Å². The third-order valence-electron chi connectivity index (χ3n) is 8.92. The van der Waals surface area contributed by atoms with Crippen molar-refractivity contribution in [2.24, 2.45) is 0 Å². The molecule has 47 heavy (non-hydrogen) atoms. The molecule has 4 nitrogen and oxygen atoms in total. The number of aromatic nitrogens is 2. The zero-order chi connectivity index (χ0) is 31.3. The minimum Gasteiger partial charge on any atom is -0.436 e. The Balaban J connectivity index is 1.05. The van der Waals surface area contributed by atoms with Crippen LogP contribution in [-0.4, -0.2) is 9.97 Å². The van der Waals surface area contributed by atoms with Crippen LogP contribution in [0.3, 0.4) is 0 Å². The molecule has 2 heterocycles. The van der Waals surface area contributed by atoms with Gasteiger partial charge in [-0.25, -0.2) is 9.97 Å². The maximum Gasteiger partial charge on any atom is 0.227 e. The summed E-state index contributed by atoms with van der Waals surface area (Å²) >= 11 is 0. The molecule has 2 aromatic heterocycles. The number of nitrogens with zero attached hydrogens (tertiary/aromatic N) is 3. The van der Waals surface area contributed by atoms with E-state index in [-0.39, 0.29) is 0 Å². The number of para-hydroxylation sites is 2. The maximum absolute atomic E-state index is 9.28. The number of rotatable bonds is 4. The largest absolute Gasteiger partial charge is 0.436 e. The number of oxazole rings is 1. The van der Waals surface area contributed by atoms with E-state index in [1.165, 1.54) is 10.8 Å². The van der Waals surface area contributed by atoms with Gasteiger partial charge in [0.25, 0.3) is 0 Å². The van der Waals surface area contributed by atoms with Crippen molar-refractivity contribution >= 4 is 43.5 Å². The molecule has 218 valence electrons. The lowest BCUT2D eigenvalue weighted by Gasteiger charge is -2.12. The Morgan fingerprint density at radius 3 is 1.79 bits per heavy atom. The van der Waals surface area contributed by atoms with E-state index >= 15 is 0 Å². The second kappa shape index (κ2) is 10.8. The predicted molar refractivity (Wildman–Crippen MR) is 191 cm³/mol. The van der Waals surface area contributed by atoms with Crippen LogP contribution in [0.1, 0.15) is 5.56 Å². The van der Waals surface area contributed by atoms with E-state index in [0.717, 1.165) is 71.8 Å². The van der Waals surface area contributed by atoms with Crippen LogP contribution in [0.4, 0.5) is 0 Å². The molecule has 0 unspecified atom stereocenters. The van der Waals surface area contributed by atoms with Crippen LogP contribution < -0.4 is 0 Å². The van der Waals surface area contributed by atoms with Gasteiger partial charge < -0.3 is 4.42 Å². The van der Waals surface area contributed by atoms with Gasteiger partial charge in [-0.3, -0.25) is 0 Å². The van der Waals surface area contributed by atoms with Gasteiger partial charge in [0.2, 0.25) is 5.89 Å². The summed E-state index contributed by atoms with van der Waals surface area (Å²) in [6, 6.07) is 54.3. The van der Waals surface area contributed by atoms with Crippen molar-refractivity contribution < 1.29 is 4.42 Å². The Morgan fingerprint density at radius 1 is 0.447 bits per heavy atom. The van der Waals surface area contributed by atoms with Crippen LogP contribution >= 0.6 is 0 Å². The fourth-order valence-corrected chi connectivity index (χ4v) is 6.47. The molecule has 0 amide bonds. The smallest absolute Gasteiger partial charge is 0.227 e. The van der Waals surface area contributed by atoms with Crippen LogP contribution in [0.25, 0.3) is 88.5 Å². The van der Waals surface area contributed by atoms with Crippen LogP contribution in [0.15, 0.2) is 156 Å². The van der Waals surface area contributed by atoms with Crippen molar-refractivity contribution in [3.05, 3.63) is 157 Å². The summed E-state index contributed by atoms with van der Waals surface area (Å²) in [7, 11) is 0. The molecule has 0 bridgehead atoms. The molecule has 7 aromatic carbocycles. The summed E-state index contributed by atoms with van der Waals surface area (Å²) in [4.78, 5) is 9.80. The lowest BCUT2D eigenvalue weighted by atomic mass is 9.95. The van der Waals surface area contributed by atoms with Gasteiger partial charge in [0, 0.05) is 21.9 Å². The van der Waals surface area contributed by atoms with Crippen LogP contribution in [0.2, 0.25) is 0 Å². The number of fused-ring (bicyclic) bond motifs is 5. The van der Waals surface area contributed by atoms with Crippen molar-refractivity contribution in [3.63, 3.8) is 0 Å². The first kappa shape index (κ1) is 26.8. The molecule has 9 rings (SSSR count). The molecule has 0 spiro atoms. The van der Waals surface area contributed by atoms with Gasteiger partial charge in [-0.1, -0.05) is 97.1 Å². The first-order chi connectivity index (χ1) is 23.2. The van der Waals surface area contributed by atoms with Crippen molar-refractivity contribution in [1.82, 2.24) is 9.97 Å². The minimum atomic E-state index is 0.631. The van der Waals surface area contributed by atoms with Crippen LogP contribution in [-0.2, 0) is 0 Å². The summed E-state index contributed by atoms with van der Waals surface area (Å²) in [5, 5.41) is 15.0. The average Bonchev–Trinajstić information content (AvgIpc) is 3.59. The van der Waals surface area contributed by atoms with E-state index in [9.17, 15) is 5.26 Å². The Hall–Kier alpha value is -6.57. The topological polar surface area (TPSA) is 62.7 Å². The summed E-state index contributed by atoms with van der Waals surface area (Å²) < 4.78 is 5.96. The Kier molecular flexibility index (Phi) is 6.16. The second-order valence-corrected chi connectivity index (χ2v) is 11.8. The van der Waals surface area contributed by atoms with E-state index < -0.39 is 0 Å². The lowest BCUT2D eigenvalue weighted by Crippen LogP contribution is -1.91. The summed E-state index contributed by atoms with van der Waals surface area (Å²) in [6.07, 6.45) is 0. The highest BCUT2D eigenvalue weighted by atomic mass is 16.3. The molecule has 0 saturated heterocycles. The highest BCUT2D eigenvalue weighted by Gasteiger charge is 2.13. The Morgan fingerprint density at radius 2 is 1.04 bits per heavy atom. The Bertz CT molecular complexity index is 2650. The highest BCUT2D eigenvalue weighted by Crippen LogP contribution is 2.36. The van der Waals surface area contributed by atoms with Crippen molar-refractivity contribution in [3.8, 4) is 51.0 Å². The molecule has 0 saturated carbocycles.